The maximum absolute atomic E-state index is 6.79. The van der Waals surface area contributed by atoms with E-state index in [-0.39, 0.29) is 5.41 Å². The highest BCUT2D eigenvalue weighted by Gasteiger charge is 2.36. The van der Waals surface area contributed by atoms with Crippen LogP contribution in [0, 0.1) is 0 Å². The monoisotopic (exact) mass is 679 g/mol. The van der Waals surface area contributed by atoms with Crippen LogP contribution in [0.4, 0.5) is 17.1 Å². The predicted octanol–water partition coefficient (Wildman–Crippen LogP) is 14.2. The predicted molar refractivity (Wildman–Crippen MR) is 221 cm³/mol. The number of hydrogen-bond donors (Lipinski definition) is 0. The molecule has 0 saturated heterocycles. The van der Waals surface area contributed by atoms with Crippen LogP contribution in [0.5, 0.6) is 11.5 Å². The maximum Gasteiger partial charge on any atom is 0.135 e. The molecule has 1 heterocycles. The van der Waals surface area contributed by atoms with Gasteiger partial charge in [-0.3, -0.25) is 0 Å². The lowest BCUT2D eigenvalue weighted by atomic mass is 9.82. The normalized spacial score (nSPS) is 13.0. The Balaban J connectivity index is 1.13. The molecular formula is C51H37NO. The fourth-order valence-corrected chi connectivity index (χ4v) is 8.38. The Bertz CT molecular complexity index is 2660. The molecule has 10 rings (SSSR count). The molecule has 2 heteroatoms. The van der Waals surface area contributed by atoms with Crippen LogP contribution < -0.4 is 9.64 Å². The van der Waals surface area contributed by atoms with Crippen LogP contribution >= 0.6 is 0 Å². The Hall–Kier alpha value is -6.64. The van der Waals surface area contributed by atoms with E-state index in [0.29, 0.717) is 0 Å². The van der Waals surface area contributed by atoms with Gasteiger partial charge in [-0.15, -0.1) is 0 Å². The molecule has 0 N–H and O–H groups in total. The molecular weight excluding hydrogens is 643 g/mol. The zero-order chi connectivity index (χ0) is 35.5. The molecule has 0 unspecified atom stereocenters. The maximum atomic E-state index is 6.79. The number of benzene rings is 8. The first kappa shape index (κ1) is 31.1. The number of anilines is 3. The van der Waals surface area contributed by atoms with Crippen molar-refractivity contribution in [1.29, 1.82) is 0 Å². The number of ether oxygens (including phenoxy) is 1. The minimum absolute atomic E-state index is 0.115. The Morgan fingerprint density at radius 2 is 0.811 bits per heavy atom. The average molecular weight is 680 g/mol. The first-order valence-electron chi connectivity index (χ1n) is 18.3. The van der Waals surface area contributed by atoms with Gasteiger partial charge in [0.2, 0.25) is 0 Å². The standard InChI is InChI=1S/C51H37NO/c1-51(2)47-20-12-11-19-43(47)44-28-26-40(33-48(44)51)52(38-24-21-36(22-25-38)34-13-5-3-6-14-34)39-27-30-50-46(32-39)42-18-10-9-17-41(42)45-31-37(23-29-49(45)53-50)35-15-7-4-8-16-35/h3-33H,1-2H3. The van der Waals surface area contributed by atoms with Crippen LogP contribution in [-0.2, 0) is 5.41 Å². The molecule has 1 aliphatic carbocycles. The SMILES string of the molecule is CC1(C)c2ccccc2-c2ccc(N(c3ccc(-c4ccccc4)cc3)c3ccc4c(c3)-c3ccccc3-c3cc(-c5ccccc5)ccc3O4)cc21. The van der Waals surface area contributed by atoms with Crippen molar-refractivity contribution < 1.29 is 4.74 Å². The first-order valence-corrected chi connectivity index (χ1v) is 18.3. The van der Waals surface area contributed by atoms with Gasteiger partial charge >= 0.3 is 0 Å². The summed E-state index contributed by atoms with van der Waals surface area (Å²) in [4.78, 5) is 2.39. The second-order valence-electron chi connectivity index (χ2n) is 14.6. The third-order valence-electron chi connectivity index (χ3n) is 11.1. The summed E-state index contributed by atoms with van der Waals surface area (Å²) in [6.45, 7) is 4.69. The van der Waals surface area contributed by atoms with Crippen molar-refractivity contribution in [2.24, 2.45) is 0 Å². The second-order valence-corrected chi connectivity index (χ2v) is 14.6. The molecule has 0 saturated carbocycles. The van der Waals surface area contributed by atoms with Crippen LogP contribution in [0.1, 0.15) is 25.0 Å². The van der Waals surface area contributed by atoms with Crippen molar-refractivity contribution in [1.82, 2.24) is 0 Å². The third kappa shape index (κ3) is 5.18. The largest absolute Gasteiger partial charge is 0.456 e. The van der Waals surface area contributed by atoms with E-state index < -0.39 is 0 Å². The van der Waals surface area contributed by atoms with Gasteiger partial charge in [0, 0.05) is 33.6 Å². The van der Waals surface area contributed by atoms with E-state index in [1.165, 1.54) is 44.5 Å². The van der Waals surface area contributed by atoms with Gasteiger partial charge in [-0.2, -0.15) is 0 Å². The lowest BCUT2D eigenvalue weighted by Crippen LogP contribution is -2.16. The molecule has 0 aromatic heterocycles. The summed E-state index contributed by atoms with van der Waals surface area (Å²) in [5.41, 5.74) is 17.7. The van der Waals surface area contributed by atoms with E-state index in [0.717, 1.165) is 50.8 Å². The quantitative estimate of drug-likeness (QED) is 0.180. The van der Waals surface area contributed by atoms with Crippen LogP contribution in [0.3, 0.4) is 0 Å². The second kappa shape index (κ2) is 12.3. The molecule has 0 atom stereocenters. The van der Waals surface area contributed by atoms with Crippen molar-refractivity contribution >= 4 is 17.1 Å². The van der Waals surface area contributed by atoms with Gasteiger partial charge in [0.1, 0.15) is 11.5 Å². The molecule has 0 amide bonds. The van der Waals surface area contributed by atoms with Gasteiger partial charge < -0.3 is 9.64 Å². The number of fused-ring (bicyclic) bond motifs is 8. The van der Waals surface area contributed by atoms with Crippen molar-refractivity contribution in [2.45, 2.75) is 19.3 Å². The Kier molecular flexibility index (Phi) is 7.19. The molecule has 8 aromatic rings. The van der Waals surface area contributed by atoms with Gasteiger partial charge in [-0.05, 0) is 110 Å². The molecule has 2 aliphatic rings. The lowest BCUT2D eigenvalue weighted by molar-refractivity contribution is 0.488. The van der Waals surface area contributed by atoms with Gasteiger partial charge in [0.05, 0.1) is 0 Å². The van der Waals surface area contributed by atoms with E-state index in [2.05, 4.69) is 207 Å². The Labute approximate surface area is 311 Å². The number of nitrogens with zero attached hydrogens (tertiary/aromatic N) is 1. The van der Waals surface area contributed by atoms with Crippen molar-refractivity contribution in [3.05, 3.63) is 199 Å². The molecule has 0 fully saturated rings. The van der Waals surface area contributed by atoms with Crippen LogP contribution in [-0.4, -0.2) is 0 Å². The average Bonchev–Trinajstić information content (AvgIpc) is 3.35. The van der Waals surface area contributed by atoms with Crippen molar-refractivity contribution in [2.75, 3.05) is 4.90 Å². The molecule has 0 radical (unpaired) electrons. The van der Waals surface area contributed by atoms with Crippen molar-refractivity contribution in [3.63, 3.8) is 0 Å². The number of hydrogen-bond acceptors (Lipinski definition) is 2. The van der Waals surface area contributed by atoms with Crippen LogP contribution in [0.2, 0.25) is 0 Å². The van der Waals surface area contributed by atoms with E-state index in [1.807, 2.05) is 0 Å². The van der Waals surface area contributed by atoms with E-state index >= 15 is 0 Å². The Morgan fingerprint density at radius 1 is 0.340 bits per heavy atom. The van der Waals surface area contributed by atoms with E-state index in [9.17, 15) is 0 Å². The molecule has 0 bridgehead atoms. The fraction of sp³-hybridized carbons (Fsp3) is 0.0588. The minimum atomic E-state index is -0.115. The molecule has 53 heavy (non-hydrogen) atoms. The highest BCUT2D eigenvalue weighted by atomic mass is 16.5. The summed E-state index contributed by atoms with van der Waals surface area (Å²) < 4.78 is 6.79. The summed E-state index contributed by atoms with van der Waals surface area (Å²) in [5, 5.41) is 0. The lowest BCUT2D eigenvalue weighted by Gasteiger charge is -2.29. The Morgan fingerprint density at radius 3 is 1.51 bits per heavy atom. The summed E-state index contributed by atoms with van der Waals surface area (Å²) in [7, 11) is 0. The third-order valence-corrected chi connectivity index (χ3v) is 11.1. The zero-order valence-electron chi connectivity index (χ0n) is 29.8. The summed E-state index contributed by atoms with van der Waals surface area (Å²) in [6, 6.07) is 67.8. The van der Waals surface area contributed by atoms with E-state index in [4.69, 9.17) is 4.74 Å². The molecule has 0 spiro atoms. The zero-order valence-corrected chi connectivity index (χ0v) is 29.8. The van der Waals surface area contributed by atoms with E-state index in [1.54, 1.807) is 0 Å². The van der Waals surface area contributed by atoms with Crippen LogP contribution in [0.25, 0.3) is 55.6 Å². The summed E-state index contributed by atoms with van der Waals surface area (Å²) in [5.74, 6) is 1.70. The molecule has 252 valence electrons. The van der Waals surface area contributed by atoms with Gasteiger partial charge in [-0.1, -0.05) is 147 Å². The molecule has 2 nitrogen and oxygen atoms in total. The highest BCUT2D eigenvalue weighted by Crippen LogP contribution is 2.52. The van der Waals surface area contributed by atoms with Crippen molar-refractivity contribution in [3.8, 4) is 67.1 Å². The van der Waals surface area contributed by atoms with Gasteiger partial charge in [0.15, 0.2) is 0 Å². The van der Waals surface area contributed by atoms with Crippen LogP contribution in [0.15, 0.2) is 188 Å². The summed E-state index contributed by atoms with van der Waals surface area (Å²) in [6.07, 6.45) is 0. The summed E-state index contributed by atoms with van der Waals surface area (Å²) >= 11 is 0. The number of rotatable bonds is 5. The van der Waals surface area contributed by atoms with Gasteiger partial charge in [-0.25, -0.2) is 0 Å². The topological polar surface area (TPSA) is 12.5 Å². The van der Waals surface area contributed by atoms with Gasteiger partial charge in [0.25, 0.3) is 0 Å². The highest BCUT2D eigenvalue weighted by molar-refractivity contribution is 5.94. The molecule has 8 aromatic carbocycles. The minimum Gasteiger partial charge on any atom is -0.456 e. The first-order chi connectivity index (χ1) is 26.0. The molecule has 1 aliphatic heterocycles. The fourth-order valence-electron chi connectivity index (χ4n) is 8.38. The smallest absolute Gasteiger partial charge is 0.135 e.